The third-order valence-electron chi connectivity index (χ3n) is 6.62. The van der Waals surface area contributed by atoms with Gasteiger partial charge in [-0.3, -0.25) is 4.79 Å². The van der Waals surface area contributed by atoms with Crippen LogP contribution in [0.5, 0.6) is 0 Å². The maximum Gasteiger partial charge on any atom is 0.289 e. The van der Waals surface area contributed by atoms with Crippen LogP contribution in [0, 0.1) is 6.92 Å². The zero-order chi connectivity index (χ0) is 23.8. The van der Waals surface area contributed by atoms with Gasteiger partial charge in [0.2, 0.25) is 0 Å². The SMILES string of the molecule is Cc1ccccc1-n1cc(-c2ccccc2)c2c(N3CCN(C(=O)c4ccco4)CC3)ncnc21. The number of hydrogen-bond donors (Lipinski definition) is 0. The van der Waals surface area contributed by atoms with Gasteiger partial charge in [0.15, 0.2) is 11.4 Å². The van der Waals surface area contributed by atoms with Gasteiger partial charge in [-0.1, -0.05) is 48.5 Å². The summed E-state index contributed by atoms with van der Waals surface area (Å²) in [4.78, 5) is 26.3. The fourth-order valence-electron chi connectivity index (χ4n) is 4.82. The molecular formula is C28H25N5O2. The molecule has 0 N–H and O–H groups in total. The number of carbonyl (C=O) groups excluding carboxylic acids is 1. The number of nitrogens with zero attached hydrogens (tertiary/aromatic N) is 5. The molecule has 0 bridgehead atoms. The molecule has 1 saturated heterocycles. The van der Waals surface area contributed by atoms with Crippen molar-refractivity contribution in [2.75, 3.05) is 31.1 Å². The van der Waals surface area contributed by atoms with E-state index in [0.717, 1.165) is 33.7 Å². The van der Waals surface area contributed by atoms with Crippen molar-refractivity contribution in [3.63, 3.8) is 0 Å². The first-order chi connectivity index (χ1) is 17.2. The Balaban J connectivity index is 1.42. The average molecular weight is 464 g/mol. The molecule has 7 nitrogen and oxygen atoms in total. The molecule has 0 radical (unpaired) electrons. The highest BCUT2D eigenvalue weighted by Gasteiger charge is 2.27. The summed E-state index contributed by atoms with van der Waals surface area (Å²) in [5.74, 6) is 1.20. The first kappa shape index (κ1) is 21.2. The highest BCUT2D eigenvalue weighted by atomic mass is 16.3. The molecule has 5 aromatic rings. The number of anilines is 1. The molecule has 1 aliphatic heterocycles. The molecule has 4 heterocycles. The lowest BCUT2D eigenvalue weighted by Gasteiger charge is -2.35. The highest BCUT2D eigenvalue weighted by molar-refractivity contribution is 6.02. The first-order valence-corrected chi connectivity index (χ1v) is 11.8. The van der Waals surface area contributed by atoms with Crippen molar-refractivity contribution in [2.24, 2.45) is 0 Å². The predicted octanol–water partition coefficient (Wildman–Crippen LogP) is 4.95. The average Bonchev–Trinajstić information content (AvgIpc) is 3.58. The second kappa shape index (κ2) is 8.76. The van der Waals surface area contributed by atoms with Crippen molar-refractivity contribution < 1.29 is 9.21 Å². The largest absolute Gasteiger partial charge is 0.459 e. The van der Waals surface area contributed by atoms with E-state index in [0.29, 0.717) is 31.9 Å². The number of hydrogen-bond acceptors (Lipinski definition) is 5. The van der Waals surface area contributed by atoms with Crippen LogP contribution in [0.15, 0.2) is 89.9 Å². The Bertz CT molecular complexity index is 1480. The molecule has 174 valence electrons. The second-order valence-corrected chi connectivity index (χ2v) is 8.72. The van der Waals surface area contributed by atoms with Crippen molar-refractivity contribution in [3.05, 3.63) is 96.8 Å². The van der Waals surface area contributed by atoms with Gasteiger partial charge in [0.05, 0.1) is 11.6 Å². The van der Waals surface area contributed by atoms with Gasteiger partial charge >= 0.3 is 0 Å². The van der Waals surface area contributed by atoms with Crippen LogP contribution in [0.2, 0.25) is 0 Å². The van der Waals surface area contributed by atoms with Crippen LogP contribution < -0.4 is 4.90 Å². The van der Waals surface area contributed by atoms with Crippen molar-refractivity contribution in [1.29, 1.82) is 0 Å². The summed E-state index contributed by atoms with van der Waals surface area (Å²) in [6.07, 6.45) is 5.34. The number of aromatic nitrogens is 3. The van der Waals surface area contributed by atoms with Crippen LogP contribution >= 0.6 is 0 Å². The summed E-state index contributed by atoms with van der Waals surface area (Å²) in [6.45, 7) is 4.68. The second-order valence-electron chi connectivity index (χ2n) is 8.72. The lowest BCUT2D eigenvalue weighted by molar-refractivity contribution is 0.0714. The molecule has 0 atom stereocenters. The molecular weight excluding hydrogens is 438 g/mol. The maximum atomic E-state index is 12.7. The Morgan fingerprint density at radius 3 is 2.40 bits per heavy atom. The third-order valence-corrected chi connectivity index (χ3v) is 6.62. The molecule has 0 saturated carbocycles. The number of rotatable bonds is 4. The Labute approximate surface area is 203 Å². The highest BCUT2D eigenvalue weighted by Crippen LogP contribution is 2.37. The van der Waals surface area contributed by atoms with Crippen LogP contribution in [0.4, 0.5) is 5.82 Å². The van der Waals surface area contributed by atoms with E-state index in [4.69, 9.17) is 14.4 Å². The van der Waals surface area contributed by atoms with E-state index < -0.39 is 0 Å². The first-order valence-electron chi connectivity index (χ1n) is 11.8. The van der Waals surface area contributed by atoms with Crippen molar-refractivity contribution in [3.8, 4) is 16.8 Å². The van der Waals surface area contributed by atoms with Gasteiger partial charge < -0.3 is 18.8 Å². The zero-order valence-electron chi connectivity index (χ0n) is 19.5. The maximum absolute atomic E-state index is 12.7. The quantitative estimate of drug-likeness (QED) is 0.377. The molecule has 3 aromatic heterocycles. The molecule has 1 aliphatic rings. The van der Waals surface area contributed by atoms with E-state index in [1.807, 2.05) is 23.1 Å². The zero-order valence-corrected chi connectivity index (χ0v) is 19.5. The van der Waals surface area contributed by atoms with Crippen molar-refractivity contribution in [1.82, 2.24) is 19.4 Å². The van der Waals surface area contributed by atoms with E-state index in [-0.39, 0.29) is 5.91 Å². The van der Waals surface area contributed by atoms with Crippen LogP contribution in [-0.4, -0.2) is 51.5 Å². The van der Waals surface area contributed by atoms with Crippen LogP contribution in [0.25, 0.3) is 27.8 Å². The van der Waals surface area contributed by atoms with E-state index in [1.165, 1.54) is 11.8 Å². The lowest BCUT2D eigenvalue weighted by atomic mass is 10.1. The number of amides is 1. The van der Waals surface area contributed by atoms with Crippen molar-refractivity contribution >= 4 is 22.8 Å². The summed E-state index contributed by atoms with van der Waals surface area (Å²) in [5, 5.41) is 1.02. The molecule has 7 heteroatoms. The van der Waals surface area contributed by atoms with E-state index in [2.05, 4.69) is 59.0 Å². The normalized spacial score (nSPS) is 14.0. The molecule has 2 aromatic carbocycles. The number of fused-ring (bicyclic) bond motifs is 1. The van der Waals surface area contributed by atoms with Gasteiger partial charge in [0, 0.05) is 43.6 Å². The summed E-state index contributed by atoms with van der Waals surface area (Å²) in [6, 6.07) is 22.1. The monoisotopic (exact) mass is 463 g/mol. The minimum absolute atomic E-state index is 0.0711. The molecule has 0 unspecified atom stereocenters. The van der Waals surface area contributed by atoms with Gasteiger partial charge in [-0.2, -0.15) is 0 Å². The minimum Gasteiger partial charge on any atom is -0.459 e. The van der Waals surface area contributed by atoms with E-state index in [9.17, 15) is 4.79 Å². The Kier molecular flexibility index (Phi) is 5.29. The molecule has 0 aliphatic carbocycles. The number of aryl methyl sites for hydroxylation is 1. The number of piperazine rings is 1. The number of para-hydroxylation sites is 1. The Morgan fingerprint density at radius 1 is 0.886 bits per heavy atom. The fourth-order valence-corrected chi connectivity index (χ4v) is 4.82. The number of benzene rings is 2. The van der Waals surface area contributed by atoms with Crippen molar-refractivity contribution in [2.45, 2.75) is 6.92 Å². The summed E-state index contributed by atoms with van der Waals surface area (Å²) < 4.78 is 7.47. The molecule has 35 heavy (non-hydrogen) atoms. The summed E-state index contributed by atoms with van der Waals surface area (Å²) in [5.41, 5.74) is 5.35. The Morgan fingerprint density at radius 2 is 1.66 bits per heavy atom. The molecule has 1 fully saturated rings. The van der Waals surface area contributed by atoms with E-state index in [1.54, 1.807) is 18.5 Å². The Hall–Kier alpha value is -4.39. The summed E-state index contributed by atoms with van der Waals surface area (Å²) in [7, 11) is 0. The van der Waals surface area contributed by atoms with Crippen LogP contribution in [-0.2, 0) is 0 Å². The lowest BCUT2D eigenvalue weighted by Crippen LogP contribution is -2.49. The van der Waals surface area contributed by atoms with Crippen LogP contribution in [0.3, 0.4) is 0 Å². The predicted molar refractivity (Wildman–Crippen MR) is 136 cm³/mol. The number of carbonyl (C=O) groups is 1. The minimum atomic E-state index is -0.0711. The standard InChI is InChI=1S/C28H25N5O2/c1-20-8-5-6-11-23(20)33-18-22(21-9-3-2-4-10-21)25-26(29-19-30-27(25)33)31-13-15-32(16-14-31)28(34)24-12-7-17-35-24/h2-12,17-19H,13-16H2,1H3. The molecule has 6 rings (SSSR count). The summed E-state index contributed by atoms with van der Waals surface area (Å²) >= 11 is 0. The van der Waals surface area contributed by atoms with Gasteiger partial charge in [0.25, 0.3) is 5.91 Å². The topological polar surface area (TPSA) is 67.4 Å². The molecule has 1 amide bonds. The molecule has 0 spiro atoms. The number of furan rings is 1. The van der Waals surface area contributed by atoms with Gasteiger partial charge in [-0.15, -0.1) is 0 Å². The van der Waals surface area contributed by atoms with E-state index >= 15 is 0 Å². The van der Waals surface area contributed by atoms with Gasteiger partial charge in [-0.05, 0) is 36.2 Å². The van der Waals surface area contributed by atoms with Crippen LogP contribution in [0.1, 0.15) is 16.1 Å². The van der Waals surface area contributed by atoms with Gasteiger partial charge in [-0.25, -0.2) is 9.97 Å². The van der Waals surface area contributed by atoms with Gasteiger partial charge in [0.1, 0.15) is 12.1 Å². The third kappa shape index (κ3) is 3.75. The smallest absolute Gasteiger partial charge is 0.289 e. The fraction of sp³-hybridized carbons (Fsp3) is 0.179.